The summed E-state index contributed by atoms with van der Waals surface area (Å²) in [6.45, 7) is -1.21. The topological polar surface area (TPSA) is 62.7 Å². The number of fused-ring (bicyclic) bond motifs is 1. The number of thiazole rings is 1. The van der Waals surface area contributed by atoms with Crippen molar-refractivity contribution in [2.24, 2.45) is 5.92 Å². The van der Waals surface area contributed by atoms with Crippen LogP contribution in [-0.4, -0.2) is 59.4 Å². The quantitative estimate of drug-likeness (QED) is 0.487. The summed E-state index contributed by atoms with van der Waals surface area (Å²) in [6, 6.07) is 13.9. The van der Waals surface area contributed by atoms with Crippen molar-refractivity contribution in [3.63, 3.8) is 0 Å². The Morgan fingerprint density at radius 3 is 2.49 bits per heavy atom. The average molecular weight is 500 g/mol. The van der Waals surface area contributed by atoms with Crippen LogP contribution >= 0.6 is 11.3 Å². The number of nitrogens with zero attached hydrogens (tertiary/aromatic N) is 3. The number of piperazine rings is 1. The third-order valence-corrected chi connectivity index (χ3v) is 8.06. The van der Waals surface area contributed by atoms with Gasteiger partial charge in [0, 0.05) is 43.6 Å². The molecule has 2 aliphatic rings. The first kappa shape index (κ1) is 23.7. The van der Waals surface area contributed by atoms with Crippen molar-refractivity contribution in [2.45, 2.75) is 38.2 Å². The zero-order chi connectivity index (χ0) is 24.4. The van der Waals surface area contributed by atoms with Gasteiger partial charge in [-0.25, -0.2) is 4.98 Å². The van der Waals surface area contributed by atoms with E-state index in [9.17, 15) is 18.4 Å². The maximum Gasteiger partial charge on any atom is 0.387 e. The number of carbonyl (C=O) groups excluding carboxylic acids is 2. The van der Waals surface area contributed by atoms with Crippen LogP contribution in [0.4, 0.5) is 8.78 Å². The molecule has 2 fully saturated rings. The molecule has 5 rings (SSSR count). The van der Waals surface area contributed by atoms with E-state index < -0.39 is 6.61 Å². The molecular formula is C26H27F2N3O3S. The van der Waals surface area contributed by atoms with Gasteiger partial charge >= 0.3 is 6.61 Å². The van der Waals surface area contributed by atoms with E-state index in [2.05, 4.69) is 10.8 Å². The zero-order valence-corrected chi connectivity index (χ0v) is 20.1. The second-order valence-electron chi connectivity index (χ2n) is 9.04. The fourth-order valence-electron chi connectivity index (χ4n) is 5.12. The van der Waals surface area contributed by atoms with Gasteiger partial charge in [0.2, 0.25) is 5.91 Å². The lowest BCUT2D eigenvalue weighted by Gasteiger charge is -2.39. The third kappa shape index (κ3) is 5.15. The highest BCUT2D eigenvalue weighted by atomic mass is 32.1. The summed E-state index contributed by atoms with van der Waals surface area (Å²) >= 11 is 1.69. The normalized spacial score (nSPS) is 20.9. The minimum atomic E-state index is -2.94. The molecule has 9 heteroatoms. The molecular weight excluding hydrogens is 472 g/mol. The average Bonchev–Trinajstić information content (AvgIpc) is 3.32. The number of hydrogen-bond donors (Lipinski definition) is 0. The summed E-state index contributed by atoms with van der Waals surface area (Å²) in [5.41, 5.74) is 1.28. The minimum absolute atomic E-state index is 0.0437. The Hall–Kier alpha value is -3.07. The van der Waals surface area contributed by atoms with Crippen LogP contribution in [0.5, 0.6) is 5.75 Å². The van der Waals surface area contributed by atoms with E-state index in [4.69, 9.17) is 4.98 Å². The molecule has 184 valence electrons. The molecule has 3 aromatic rings. The standard InChI is InChI=1S/C26H27F2N3O3S/c27-26(28)34-18-7-5-6-17(16-18)24(32)30-12-14-31(15-13-30)25(33)20-9-2-1-8-19(20)23-29-21-10-3-4-11-22(21)35-23/h3-7,10-11,16,19-20,26H,1-2,8-9,12-15H2/t19-,20+/m0/s1. The summed E-state index contributed by atoms with van der Waals surface area (Å²) < 4.78 is 30.6. The number of halogens is 2. The van der Waals surface area contributed by atoms with Crippen molar-refractivity contribution in [3.05, 3.63) is 59.1 Å². The lowest BCUT2D eigenvalue weighted by Crippen LogP contribution is -2.52. The van der Waals surface area contributed by atoms with Gasteiger partial charge in [-0.1, -0.05) is 31.0 Å². The first-order chi connectivity index (χ1) is 17.0. The van der Waals surface area contributed by atoms with Crippen LogP contribution in [0.2, 0.25) is 0 Å². The van der Waals surface area contributed by atoms with Crippen LogP contribution in [0, 0.1) is 5.92 Å². The number of para-hydroxylation sites is 1. The number of hydrogen-bond acceptors (Lipinski definition) is 5. The second kappa shape index (κ2) is 10.3. The van der Waals surface area contributed by atoms with E-state index in [1.54, 1.807) is 22.3 Å². The van der Waals surface area contributed by atoms with E-state index in [1.807, 2.05) is 23.1 Å². The van der Waals surface area contributed by atoms with Crippen molar-refractivity contribution in [2.75, 3.05) is 26.2 Å². The minimum Gasteiger partial charge on any atom is -0.435 e. The van der Waals surface area contributed by atoms with E-state index >= 15 is 0 Å². The summed E-state index contributed by atoms with van der Waals surface area (Å²) in [6.07, 6.45) is 3.95. The number of carbonyl (C=O) groups is 2. The van der Waals surface area contributed by atoms with Crippen LogP contribution in [0.15, 0.2) is 48.5 Å². The Morgan fingerprint density at radius 2 is 1.71 bits per heavy atom. The predicted molar refractivity (Wildman–Crippen MR) is 130 cm³/mol. The molecule has 1 aliphatic carbocycles. The van der Waals surface area contributed by atoms with Crippen LogP contribution in [0.3, 0.4) is 0 Å². The largest absolute Gasteiger partial charge is 0.435 e. The smallest absolute Gasteiger partial charge is 0.387 e. The predicted octanol–water partition coefficient (Wildman–Crippen LogP) is 5.16. The van der Waals surface area contributed by atoms with Gasteiger partial charge in [-0.3, -0.25) is 9.59 Å². The van der Waals surface area contributed by atoms with Gasteiger partial charge in [0.15, 0.2) is 0 Å². The molecule has 0 N–H and O–H groups in total. The number of ether oxygens (including phenoxy) is 1. The summed E-state index contributed by atoms with van der Waals surface area (Å²) in [5.74, 6) is -0.103. The van der Waals surface area contributed by atoms with E-state index in [0.29, 0.717) is 31.7 Å². The molecule has 0 radical (unpaired) electrons. The van der Waals surface area contributed by atoms with E-state index in [-0.39, 0.29) is 29.4 Å². The number of amides is 2. The van der Waals surface area contributed by atoms with Crippen molar-refractivity contribution in [3.8, 4) is 5.75 Å². The zero-order valence-electron chi connectivity index (χ0n) is 19.2. The molecule has 1 saturated carbocycles. The Morgan fingerprint density at radius 1 is 0.971 bits per heavy atom. The van der Waals surface area contributed by atoms with E-state index in [0.717, 1.165) is 40.9 Å². The molecule has 2 aromatic carbocycles. The molecule has 0 spiro atoms. The van der Waals surface area contributed by atoms with Crippen LogP contribution < -0.4 is 4.74 Å². The van der Waals surface area contributed by atoms with Crippen LogP contribution in [-0.2, 0) is 4.79 Å². The highest BCUT2D eigenvalue weighted by molar-refractivity contribution is 7.18. The van der Waals surface area contributed by atoms with Crippen LogP contribution in [0.1, 0.15) is 47.0 Å². The number of alkyl halides is 2. The van der Waals surface area contributed by atoms with Gasteiger partial charge in [-0.05, 0) is 43.2 Å². The van der Waals surface area contributed by atoms with Gasteiger partial charge in [0.25, 0.3) is 5.91 Å². The van der Waals surface area contributed by atoms with Crippen molar-refractivity contribution in [1.82, 2.24) is 14.8 Å². The summed E-state index contributed by atoms with van der Waals surface area (Å²) in [5, 5.41) is 1.05. The Labute approximate surface area is 206 Å². The second-order valence-corrected chi connectivity index (χ2v) is 10.1. The molecule has 2 amide bonds. The highest BCUT2D eigenvalue weighted by Crippen LogP contribution is 2.41. The SMILES string of the molecule is O=C(c1cccc(OC(F)F)c1)N1CCN(C(=O)[C@@H]2CCCC[C@@H]2c2nc3ccccc3s2)CC1. The van der Waals surface area contributed by atoms with Gasteiger partial charge in [0.1, 0.15) is 5.75 Å². The lowest BCUT2D eigenvalue weighted by molar-refractivity contribution is -0.138. The lowest BCUT2D eigenvalue weighted by atomic mass is 9.78. The highest BCUT2D eigenvalue weighted by Gasteiger charge is 2.37. The maximum absolute atomic E-state index is 13.6. The molecule has 1 saturated heterocycles. The molecule has 6 nitrogen and oxygen atoms in total. The van der Waals surface area contributed by atoms with E-state index in [1.165, 1.54) is 18.2 Å². The summed E-state index contributed by atoms with van der Waals surface area (Å²) in [4.78, 5) is 34.8. The Balaban J connectivity index is 1.24. The van der Waals surface area contributed by atoms with Gasteiger partial charge < -0.3 is 14.5 Å². The molecule has 0 bridgehead atoms. The monoisotopic (exact) mass is 499 g/mol. The molecule has 1 aromatic heterocycles. The molecule has 1 aliphatic heterocycles. The molecule has 2 atom stereocenters. The fraction of sp³-hybridized carbons (Fsp3) is 0.423. The number of rotatable bonds is 5. The molecule has 35 heavy (non-hydrogen) atoms. The third-order valence-electron chi connectivity index (χ3n) is 6.90. The first-order valence-electron chi connectivity index (χ1n) is 12.0. The summed E-state index contributed by atoms with van der Waals surface area (Å²) in [7, 11) is 0. The van der Waals surface area contributed by atoms with Gasteiger partial charge in [-0.15, -0.1) is 11.3 Å². The van der Waals surface area contributed by atoms with Gasteiger partial charge in [0.05, 0.1) is 15.2 Å². The Kier molecular flexibility index (Phi) is 6.95. The van der Waals surface area contributed by atoms with Crippen LogP contribution in [0.25, 0.3) is 10.2 Å². The maximum atomic E-state index is 13.6. The number of aromatic nitrogens is 1. The van der Waals surface area contributed by atoms with Crippen molar-refractivity contribution < 1.29 is 23.1 Å². The fourth-order valence-corrected chi connectivity index (χ4v) is 6.29. The van der Waals surface area contributed by atoms with Crippen molar-refractivity contribution in [1.29, 1.82) is 0 Å². The Bertz CT molecular complexity index is 1180. The van der Waals surface area contributed by atoms with Crippen molar-refractivity contribution >= 4 is 33.4 Å². The van der Waals surface area contributed by atoms with Gasteiger partial charge in [-0.2, -0.15) is 8.78 Å². The number of benzene rings is 2. The molecule has 2 heterocycles. The first-order valence-corrected chi connectivity index (χ1v) is 12.8. The molecule has 0 unspecified atom stereocenters.